The summed E-state index contributed by atoms with van der Waals surface area (Å²) in [7, 11) is 0. The standard InChI is InChI=1S/C20H16N4O6/c1-20(2)29-18(25)14(19(26)30-20)10-21-12-5-3-11(4-6-12)17-22-15-8-7-13(24(27)28)9-16(15)23-17/h3-10,21H,1-2H3,(H,22,23). The number of ether oxygens (including phenoxy) is 2. The van der Waals surface area contributed by atoms with E-state index < -0.39 is 22.6 Å². The molecule has 4 rings (SSSR count). The number of benzene rings is 2. The normalized spacial score (nSPS) is 15.5. The van der Waals surface area contributed by atoms with Gasteiger partial charge in [-0.25, -0.2) is 14.6 Å². The second-order valence-corrected chi connectivity index (χ2v) is 7.00. The van der Waals surface area contributed by atoms with Crippen LogP contribution in [0.4, 0.5) is 11.4 Å². The molecule has 2 heterocycles. The lowest BCUT2D eigenvalue weighted by atomic mass is 10.2. The Morgan fingerprint density at radius 3 is 2.40 bits per heavy atom. The maximum absolute atomic E-state index is 11.9. The number of carbonyl (C=O) groups is 2. The van der Waals surface area contributed by atoms with Gasteiger partial charge in [0.2, 0.25) is 0 Å². The Bertz CT molecular complexity index is 1190. The van der Waals surface area contributed by atoms with Crippen molar-refractivity contribution in [3.05, 3.63) is 64.4 Å². The van der Waals surface area contributed by atoms with Crippen molar-refractivity contribution in [3.63, 3.8) is 0 Å². The van der Waals surface area contributed by atoms with E-state index in [1.165, 1.54) is 32.2 Å². The van der Waals surface area contributed by atoms with Crippen LogP contribution in [0.5, 0.6) is 0 Å². The Hall–Kier alpha value is -4.21. The molecule has 10 heteroatoms. The fourth-order valence-electron chi connectivity index (χ4n) is 2.91. The minimum atomic E-state index is -1.29. The summed E-state index contributed by atoms with van der Waals surface area (Å²) in [6.07, 6.45) is 1.23. The monoisotopic (exact) mass is 408 g/mol. The second-order valence-electron chi connectivity index (χ2n) is 7.00. The Morgan fingerprint density at radius 1 is 1.10 bits per heavy atom. The molecule has 0 bridgehead atoms. The number of esters is 2. The number of H-pyrrole nitrogens is 1. The molecule has 1 fully saturated rings. The van der Waals surface area contributed by atoms with Gasteiger partial charge in [-0.1, -0.05) is 0 Å². The van der Waals surface area contributed by atoms with Crippen molar-refractivity contribution >= 4 is 34.3 Å². The van der Waals surface area contributed by atoms with Crippen LogP contribution < -0.4 is 5.32 Å². The summed E-state index contributed by atoms with van der Waals surface area (Å²) in [6, 6.07) is 11.4. The predicted molar refractivity (Wildman–Crippen MR) is 106 cm³/mol. The number of aromatic amines is 1. The summed E-state index contributed by atoms with van der Waals surface area (Å²) >= 11 is 0. The second kappa shape index (κ2) is 6.99. The lowest BCUT2D eigenvalue weighted by Gasteiger charge is -2.29. The fraction of sp³-hybridized carbons (Fsp3) is 0.150. The molecule has 0 aliphatic carbocycles. The van der Waals surface area contributed by atoms with Gasteiger partial charge in [0, 0.05) is 43.4 Å². The Morgan fingerprint density at radius 2 is 1.77 bits per heavy atom. The van der Waals surface area contributed by atoms with E-state index in [0.717, 1.165) is 5.56 Å². The molecule has 0 atom stereocenters. The molecule has 0 amide bonds. The van der Waals surface area contributed by atoms with Crippen molar-refractivity contribution in [1.29, 1.82) is 0 Å². The van der Waals surface area contributed by atoms with Gasteiger partial charge in [-0.05, 0) is 30.3 Å². The van der Waals surface area contributed by atoms with Crippen LogP contribution in [0.2, 0.25) is 0 Å². The summed E-state index contributed by atoms with van der Waals surface area (Å²) in [6.45, 7) is 2.95. The first-order valence-electron chi connectivity index (χ1n) is 8.90. The molecule has 1 aliphatic heterocycles. The minimum Gasteiger partial charge on any atom is -0.419 e. The average Bonchev–Trinajstić information content (AvgIpc) is 3.10. The van der Waals surface area contributed by atoms with Crippen LogP contribution in [0, 0.1) is 10.1 Å². The number of cyclic esters (lactones) is 2. The van der Waals surface area contributed by atoms with Crippen molar-refractivity contribution in [1.82, 2.24) is 9.97 Å². The molecule has 30 heavy (non-hydrogen) atoms. The summed E-state index contributed by atoms with van der Waals surface area (Å²) < 4.78 is 10.1. The zero-order valence-electron chi connectivity index (χ0n) is 16.0. The molecule has 0 radical (unpaired) electrons. The molecule has 0 saturated carbocycles. The van der Waals surface area contributed by atoms with Crippen LogP contribution in [0.3, 0.4) is 0 Å². The van der Waals surface area contributed by atoms with Crippen LogP contribution in [0.25, 0.3) is 22.4 Å². The number of rotatable bonds is 4. The van der Waals surface area contributed by atoms with E-state index in [2.05, 4.69) is 15.3 Å². The number of hydrogen-bond acceptors (Lipinski definition) is 8. The molecule has 1 aliphatic rings. The molecule has 2 aromatic carbocycles. The smallest absolute Gasteiger partial charge is 0.350 e. The molecule has 10 nitrogen and oxygen atoms in total. The third-order valence-corrected chi connectivity index (χ3v) is 4.33. The number of aromatic nitrogens is 2. The van der Waals surface area contributed by atoms with Crippen molar-refractivity contribution < 1.29 is 24.0 Å². The quantitative estimate of drug-likeness (QED) is 0.221. The van der Waals surface area contributed by atoms with E-state index in [1.54, 1.807) is 30.3 Å². The summed E-state index contributed by atoms with van der Waals surface area (Å²) in [4.78, 5) is 41.8. The zero-order valence-corrected chi connectivity index (χ0v) is 16.0. The molecule has 1 aromatic heterocycles. The highest BCUT2D eigenvalue weighted by Crippen LogP contribution is 2.26. The Kier molecular flexibility index (Phi) is 4.46. The largest absolute Gasteiger partial charge is 0.419 e. The number of fused-ring (bicyclic) bond motifs is 1. The van der Waals surface area contributed by atoms with Gasteiger partial charge in [0.1, 0.15) is 5.82 Å². The van der Waals surface area contributed by atoms with Gasteiger partial charge in [0.05, 0.1) is 16.0 Å². The maximum atomic E-state index is 11.9. The average molecular weight is 408 g/mol. The Labute approximate surface area is 169 Å². The summed E-state index contributed by atoms with van der Waals surface area (Å²) in [5.41, 5.74) is 2.28. The van der Waals surface area contributed by atoms with Crippen LogP contribution in [-0.2, 0) is 19.1 Å². The third kappa shape index (κ3) is 3.70. The van der Waals surface area contributed by atoms with Crippen LogP contribution >= 0.6 is 0 Å². The molecular formula is C20H16N4O6. The van der Waals surface area contributed by atoms with E-state index >= 15 is 0 Å². The van der Waals surface area contributed by atoms with E-state index in [9.17, 15) is 19.7 Å². The van der Waals surface area contributed by atoms with Crippen molar-refractivity contribution in [3.8, 4) is 11.4 Å². The number of anilines is 1. The topological polar surface area (TPSA) is 136 Å². The van der Waals surface area contributed by atoms with Gasteiger partial charge in [0.15, 0.2) is 5.57 Å². The van der Waals surface area contributed by atoms with Crippen molar-refractivity contribution in [2.75, 3.05) is 5.32 Å². The number of nitro benzene ring substituents is 1. The predicted octanol–water partition coefficient (Wildman–Crippen LogP) is 3.27. The zero-order chi connectivity index (χ0) is 21.5. The highest BCUT2D eigenvalue weighted by atomic mass is 16.7. The molecule has 1 saturated heterocycles. The number of carbonyl (C=O) groups excluding carboxylic acids is 2. The van der Waals surface area contributed by atoms with Gasteiger partial charge in [-0.2, -0.15) is 0 Å². The van der Waals surface area contributed by atoms with E-state index in [-0.39, 0.29) is 11.3 Å². The third-order valence-electron chi connectivity index (χ3n) is 4.33. The van der Waals surface area contributed by atoms with E-state index in [1.807, 2.05) is 0 Å². The Balaban J connectivity index is 1.52. The minimum absolute atomic E-state index is 0.0200. The molecule has 2 N–H and O–H groups in total. The first-order valence-corrected chi connectivity index (χ1v) is 8.90. The highest BCUT2D eigenvalue weighted by molar-refractivity contribution is 6.15. The van der Waals surface area contributed by atoms with Crippen LogP contribution in [-0.4, -0.2) is 32.6 Å². The number of non-ortho nitro benzene ring substituents is 1. The van der Waals surface area contributed by atoms with Gasteiger partial charge in [0.25, 0.3) is 11.5 Å². The van der Waals surface area contributed by atoms with Gasteiger partial charge in [-0.3, -0.25) is 10.1 Å². The molecular weight excluding hydrogens is 392 g/mol. The van der Waals surface area contributed by atoms with E-state index in [0.29, 0.717) is 22.5 Å². The molecule has 0 unspecified atom stereocenters. The lowest BCUT2D eigenvalue weighted by molar-refractivity contribution is -0.384. The number of nitrogens with one attached hydrogen (secondary N) is 2. The highest BCUT2D eigenvalue weighted by Gasteiger charge is 2.38. The van der Waals surface area contributed by atoms with Gasteiger partial charge < -0.3 is 19.8 Å². The van der Waals surface area contributed by atoms with E-state index in [4.69, 9.17) is 9.47 Å². The number of imidazole rings is 1. The SMILES string of the molecule is CC1(C)OC(=O)C(=CNc2ccc(-c3nc4ccc([N+](=O)[O-])cc4[nH]3)cc2)C(=O)O1. The first-order chi connectivity index (χ1) is 14.2. The lowest BCUT2D eigenvalue weighted by Crippen LogP contribution is -2.42. The number of hydrogen-bond donors (Lipinski definition) is 2. The molecule has 0 spiro atoms. The van der Waals surface area contributed by atoms with Gasteiger partial charge in [-0.15, -0.1) is 0 Å². The van der Waals surface area contributed by atoms with Gasteiger partial charge >= 0.3 is 11.9 Å². The maximum Gasteiger partial charge on any atom is 0.350 e. The van der Waals surface area contributed by atoms with Crippen LogP contribution in [0.1, 0.15) is 13.8 Å². The van der Waals surface area contributed by atoms with Crippen LogP contribution in [0.15, 0.2) is 54.2 Å². The fourth-order valence-corrected chi connectivity index (χ4v) is 2.91. The number of nitro groups is 1. The summed E-state index contributed by atoms with van der Waals surface area (Å²) in [5.74, 6) is -2.27. The van der Waals surface area contributed by atoms with Crippen molar-refractivity contribution in [2.24, 2.45) is 0 Å². The molecule has 152 valence electrons. The first kappa shape index (κ1) is 19.1. The molecule has 3 aromatic rings. The van der Waals surface area contributed by atoms with Crippen molar-refractivity contribution in [2.45, 2.75) is 19.6 Å². The summed E-state index contributed by atoms with van der Waals surface area (Å²) in [5, 5.41) is 13.8. The number of nitrogens with zero attached hydrogens (tertiary/aromatic N) is 2.